The number of amides is 1. The van der Waals surface area contributed by atoms with Gasteiger partial charge in [0.1, 0.15) is 12.7 Å². The first-order valence-electron chi connectivity index (χ1n) is 10.6. The van der Waals surface area contributed by atoms with Gasteiger partial charge in [0, 0.05) is 12.5 Å². The van der Waals surface area contributed by atoms with E-state index >= 15 is 0 Å². The molecule has 3 N–H and O–H groups in total. The van der Waals surface area contributed by atoms with E-state index in [4.69, 9.17) is 4.74 Å². The fourth-order valence-electron chi connectivity index (χ4n) is 4.16. The molecule has 1 aromatic heterocycles. The molecule has 3 aromatic rings. The van der Waals surface area contributed by atoms with Crippen LogP contribution in [0.3, 0.4) is 0 Å². The van der Waals surface area contributed by atoms with Crippen LogP contribution in [-0.4, -0.2) is 46.8 Å². The molecule has 0 saturated heterocycles. The third-order valence-electron chi connectivity index (χ3n) is 5.78. The van der Waals surface area contributed by atoms with Crippen LogP contribution in [0.1, 0.15) is 44.8 Å². The summed E-state index contributed by atoms with van der Waals surface area (Å²) in [5.74, 6) is -0.0864. The van der Waals surface area contributed by atoms with Crippen LogP contribution in [0.15, 0.2) is 54.6 Å². The van der Waals surface area contributed by atoms with Crippen molar-refractivity contribution in [2.75, 3.05) is 13.2 Å². The van der Waals surface area contributed by atoms with E-state index in [-0.39, 0.29) is 35.9 Å². The van der Waals surface area contributed by atoms with E-state index in [1.54, 1.807) is 0 Å². The third kappa shape index (κ3) is 4.69. The summed E-state index contributed by atoms with van der Waals surface area (Å²) < 4.78 is 5.41. The predicted octanol–water partition coefficient (Wildman–Crippen LogP) is 3.79. The Morgan fingerprint density at radius 1 is 1.15 bits per heavy atom. The summed E-state index contributed by atoms with van der Waals surface area (Å²) >= 11 is 0.623. The van der Waals surface area contributed by atoms with Crippen molar-refractivity contribution in [1.29, 1.82) is 0 Å². The number of rotatable bonds is 9. The summed E-state index contributed by atoms with van der Waals surface area (Å²) in [5.41, 5.74) is 4.27. The largest absolute Gasteiger partial charge is 0.449 e. The minimum absolute atomic E-state index is 0.0205. The van der Waals surface area contributed by atoms with Gasteiger partial charge in [-0.2, -0.15) is 0 Å². The first-order chi connectivity index (χ1) is 16.4. The van der Waals surface area contributed by atoms with Gasteiger partial charge in [0.05, 0.1) is 21.5 Å². The molecule has 0 aliphatic heterocycles. The first-order valence-corrected chi connectivity index (χ1v) is 11.4. The summed E-state index contributed by atoms with van der Waals surface area (Å²) in [4.78, 5) is 33.6. The van der Waals surface area contributed by atoms with Crippen molar-refractivity contribution in [1.82, 2.24) is 5.32 Å². The fourth-order valence-corrected chi connectivity index (χ4v) is 4.99. The maximum absolute atomic E-state index is 12.2. The van der Waals surface area contributed by atoms with Gasteiger partial charge < -0.3 is 20.3 Å². The van der Waals surface area contributed by atoms with Crippen molar-refractivity contribution in [2.45, 2.75) is 24.5 Å². The van der Waals surface area contributed by atoms with Gasteiger partial charge in [-0.3, -0.25) is 14.9 Å². The van der Waals surface area contributed by atoms with Crippen LogP contribution < -0.4 is 5.32 Å². The molecule has 0 spiro atoms. The molecule has 9 nitrogen and oxygen atoms in total. The normalized spacial score (nSPS) is 14.1. The average molecular weight is 483 g/mol. The molecule has 4 rings (SSSR count). The van der Waals surface area contributed by atoms with Crippen LogP contribution in [0.2, 0.25) is 0 Å². The number of aliphatic hydroxyl groups excluding tert-OH is 2. The van der Waals surface area contributed by atoms with Crippen LogP contribution in [-0.2, 0) is 4.74 Å². The third-order valence-corrected chi connectivity index (χ3v) is 6.81. The molecule has 176 valence electrons. The quantitative estimate of drug-likeness (QED) is 0.239. The number of carbonyl (C=O) groups is 2. The van der Waals surface area contributed by atoms with E-state index in [1.807, 2.05) is 48.5 Å². The first kappa shape index (κ1) is 23.6. The summed E-state index contributed by atoms with van der Waals surface area (Å²) in [6.07, 6.45) is -3.27. The number of thiophene rings is 1. The van der Waals surface area contributed by atoms with E-state index in [9.17, 15) is 29.9 Å². The van der Waals surface area contributed by atoms with E-state index in [1.165, 1.54) is 6.07 Å². The number of nitro groups is 1. The van der Waals surface area contributed by atoms with Crippen LogP contribution in [0.4, 0.5) is 9.80 Å². The molecule has 2 unspecified atom stereocenters. The fraction of sp³-hybridized carbons (Fsp3) is 0.250. The monoisotopic (exact) mass is 482 g/mol. The second kappa shape index (κ2) is 10.1. The average Bonchev–Trinajstić information content (AvgIpc) is 3.42. The van der Waals surface area contributed by atoms with E-state index < -0.39 is 28.2 Å². The van der Waals surface area contributed by atoms with Gasteiger partial charge in [0.2, 0.25) is 0 Å². The van der Waals surface area contributed by atoms with E-state index in [0.717, 1.165) is 22.3 Å². The maximum atomic E-state index is 12.2. The van der Waals surface area contributed by atoms with Crippen LogP contribution >= 0.6 is 11.3 Å². The van der Waals surface area contributed by atoms with Gasteiger partial charge in [-0.15, -0.1) is 0 Å². The summed E-state index contributed by atoms with van der Waals surface area (Å²) in [6.45, 7) is 0.119. The number of nitrogens with zero attached hydrogens (tertiary/aromatic N) is 1. The molecule has 2 aromatic carbocycles. The van der Waals surface area contributed by atoms with Gasteiger partial charge in [-0.05, 0) is 34.7 Å². The van der Waals surface area contributed by atoms with Gasteiger partial charge in [-0.25, -0.2) is 4.79 Å². The molecule has 0 bridgehead atoms. The van der Waals surface area contributed by atoms with Crippen molar-refractivity contribution >= 4 is 28.7 Å². The van der Waals surface area contributed by atoms with Gasteiger partial charge in [0.25, 0.3) is 0 Å². The predicted molar refractivity (Wildman–Crippen MR) is 125 cm³/mol. The molecule has 1 aliphatic rings. The number of carbonyl (C=O) groups excluding carboxylic acids is 2. The Hall–Kier alpha value is -3.60. The number of alkyl carbamates (subject to hydrolysis) is 1. The zero-order chi connectivity index (χ0) is 24.2. The zero-order valence-corrected chi connectivity index (χ0v) is 18.7. The summed E-state index contributed by atoms with van der Waals surface area (Å²) in [7, 11) is 0. The number of fused-ring (bicyclic) bond motifs is 3. The van der Waals surface area contributed by atoms with E-state index in [0.29, 0.717) is 17.6 Å². The molecule has 1 aliphatic carbocycles. The lowest BCUT2D eigenvalue weighted by molar-refractivity contribution is -0.381. The molecule has 1 amide bonds. The van der Waals surface area contributed by atoms with E-state index in [2.05, 4.69) is 5.32 Å². The van der Waals surface area contributed by atoms with Crippen molar-refractivity contribution in [2.24, 2.45) is 0 Å². The lowest BCUT2D eigenvalue weighted by Crippen LogP contribution is -2.30. The number of aldehydes is 1. The van der Waals surface area contributed by atoms with Gasteiger partial charge in [0.15, 0.2) is 6.29 Å². The minimum atomic E-state index is -1.57. The van der Waals surface area contributed by atoms with Crippen molar-refractivity contribution in [3.05, 3.63) is 86.3 Å². The zero-order valence-electron chi connectivity index (χ0n) is 17.9. The molecule has 2 atom stereocenters. The van der Waals surface area contributed by atoms with Crippen LogP contribution in [0, 0.1) is 10.1 Å². The Morgan fingerprint density at radius 2 is 1.76 bits per heavy atom. The van der Waals surface area contributed by atoms with Gasteiger partial charge in [-0.1, -0.05) is 59.9 Å². The second-order valence-electron chi connectivity index (χ2n) is 7.84. The Balaban J connectivity index is 1.30. The topological polar surface area (TPSA) is 139 Å². The highest BCUT2D eigenvalue weighted by atomic mass is 32.1. The van der Waals surface area contributed by atoms with Crippen molar-refractivity contribution in [3.8, 4) is 11.1 Å². The number of benzene rings is 2. The molecule has 34 heavy (non-hydrogen) atoms. The summed E-state index contributed by atoms with van der Waals surface area (Å²) in [6, 6.07) is 17.1. The van der Waals surface area contributed by atoms with Crippen molar-refractivity contribution in [3.63, 3.8) is 0 Å². The molecule has 10 heteroatoms. The Morgan fingerprint density at radius 3 is 2.35 bits per heavy atom. The highest BCUT2D eigenvalue weighted by Crippen LogP contribution is 2.44. The molecule has 0 fully saturated rings. The maximum Gasteiger partial charge on any atom is 0.407 e. The SMILES string of the molecule is O=Cc1cc(C(O)C(O)CCNC(=O)OCC2c3ccccc3-c3ccccc32)c([N+](=O)[O-])s1. The number of aliphatic hydroxyl groups is 2. The lowest BCUT2D eigenvalue weighted by Gasteiger charge is -2.17. The molecule has 1 heterocycles. The molecular formula is C24H22N2O7S. The number of nitrogens with one attached hydrogen (secondary N) is 1. The van der Waals surface area contributed by atoms with Gasteiger partial charge >= 0.3 is 11.1 Å². The lowest BCUT2D eigenvalue weighted by atomic mass is 9.98. The molecular weight excluding hydrogens is 460 g/mol. The minimum Gasteiger partial charge on any atom is -0.449 e. The summed E-state index contributed by atoms with van der Waals surface area (Å²) in [5, 5.41) is 33.8. The highest BCUT2D eigenvalue weighted by Gasteiger charge is 2.30. The highest BCUT2D eigenvalue weighted by molar-refractivity contribution is 7.17. The second-order valence-corrected chi connectivity index (χ2v) is 8.90. The molecule has 0 saturated carbocycles. The van der Waals surface area contributed by atoms with Crippen molar-refractivity contribution < 1.29 is 29.5 Å². The Bertz CT molecular complexity index is 1180. The van der Waals surface area contributed by atoms with Crippen LogP contribution in [0.25, 0.3) is 11.1 Å². The standard InChI is InChI=1S/C24H22N2O7S/c27-12-14-11-19(23(34-14)26(31)32)22(29)21(28)9-10-25-24(30)33-13-20-17-7-3-1-5-15(17)16-6-2-4-8-18(16)20/h1-8,11-12,20-22,28-29H,9-10,13H2,(H,25,30). The Labute approximate surface area is 198 Å². The molecule has 0 radical (unpaired) electrons. The smallest absolute Gasteiger partial charge is 0.407 e. The number of hydrogen-bond acceptors (Lipinski definition) is 8. The van der Waals surface area contributed by atoms with Crippen LogP contribution in [0.5, 0.6) is 0 Å². The number of ether oxygens (including phenoxy) is 1. The number of hydrogen-bond donors (Lipinski definition) is 3. The Kier molecular flexibility index (Phi) is 7.01.